The third-order valence-electron chi connectivity index (χ3n) is 4.36. The van der Waals surface area contributed by atoms with Crippen molar-refractivity contribution in [1.82, 2.24) is 10.2 Å². The summed E-state index contributed by atoms with van der Waals surface area (Å²) in [5.41, 5.74) is 0.919. The van der Waals surface area contributed by atoms with Gasteiger partial charge in [-0.05, 0) is 64.7 Å². The fraction of sp³-hybridized carbons (Fsp3) is 0.364. The van der Waals surface area contributed by atoms with Crippen molar-refractivity contribution in [3.05, 3.63) is 62.0 Å². The van der Waals surface area contributed by atoms with Crippen molar-refractivity contribution in [2.75, 3.05) is 13.2 Å². The Morgan fingerprint density at radius 2 is 1.77 bits per heavy atom. The minimum absolute atomic E-state index is 0.193. The van der Waals surface area contributed by atoms with Gasteiger partial charge in [0.2, 0.25) is 5.91 Å². The van der Waals surface area contributed by atoms with E-state index in [0.717, 1.165) is 10.0 Å². The van der Waals surface area contributed by atoms with Crippen LogP contribution in [0, 0.1) is 5.92 Å². The van der Waals surface area contributed by atoms with Crippen molar-refractivity contribution in [3.8, 4) is 5.75 Å². The molecule has 0 saturated carbocycles. The summed E-state index contributed by atoms with van der Waals surface area (Å²) in [7, 11) is 0. The molecule has 0 radical (unpaired) electrons. The summed E-state index contributed by atoms with van der Waals surface area (Å²) in [6.45, 7) is 6.43. The zero-order chi connectivity index (χ0) is 22.3. The van der Waals surface area contributed by atoms with Gasteiger partial charge in [0.05, 0.1) is 4.47 Å². The van der Waals surface area contributed by atoms with Gasteiger partial charge in [-0.15, -0.1) is 0 Å². The van der Waals surface area contributed by atoms with E-state index >= 15 is 0 Å². The molecule has 2 amide bonds. The second-order valence-electron chi connectivity index (χ2n) is 7.33. The van der Waals surface area contributed by atoms with E-state index in [0.29, 0.717) is 34.3 Å². The van der Waals surface area contributed by atoms with Gasteiger partial charge in [-0.25, -0.2) is 0 Å². The van der Waals surface area contributed by atoms with Gasteiger partial charge in [-0.1, -0.05) is 53.5 Å². The molecule has 0 unspecified atom stereocenters. The van der Waals surface area contributed by atoms with E-state index < -0.39 is 6.04 Å². The van der Waals surface area contributed by atoms with E-state index in [2.05, 4.69) is 37.2 Å². The van der Waals surface area contributed by atoms with Gasteiger partial charge in [0.1, 0.15) is 11.8 Å². The van der Waals surface area contributed by atoms with Gasteiger partial charge in [0.15, 0.2) is 6.61 Å². The van der Waals surface area contributed by atoms with Crippen LogP contribution >= 0.6 is 43.5 Å². The fourth-order valence-corrected chi connectivity index (χ4v) is 3.70. The summed E-state index contributed by atoms with van der Waals surface area (Å²) in [4.78, 5) is 27.2. The van der Waals surface area contributed by atoms with Crippen molar-refractivity contribution in [2.24, 2.45) is 5.92 Å². The second kappa shape index (κ2) is 11.7. The van der Waals surface area contributed by atoms with Crippen LogP contribution in [0.5, 0.6) is 5.75 Å². The number of hydrogen-bond acceptors (Lipinski definition) is 3. The molecule has 8 heteroatoms. The van der Waals surface area contributed by atoms with Gasteiger partial charge in [-0.3, -0.25) is 9.59 Å². The summed E-state index contributed by atoms with van der Waals surface area (Å²) in [5.74, 6) is 0.351. The Hall–Kier alpha value is -1.57. The van der Waals surface area contributed by atoms with E-state index in [1.54, 1.807) is 25.1 Å². The van der Waals surface area contributed by atoms with Crippen LogP contribution in [0.15, 0.2) is 51.4 Å². The Labute approximate surface area is 199 Å². The highest BCUT2D eigenvalue weighted by molar-refractivity contribution is 9.10. The van der Waals surface area contributed by atoms with Crippen molar-refractivity contribution in [2.45, 2.75) is 33.4 Å². The van der Waals surface area contributed by atoms with Crippen LogP contribution in [0.25, 0.3) is 0 Å². The number of ether oxygens (including phenoxy) is 1. The molecule has 0 aliphatic carbocycles. The largest absolute Gasteiger partial charge is 0.483 e. The molecule has 0 aromatic heterocycles. The molecular formula is C22H25Br2ClN2O3. The molecule has 2 aromatic carbocycles. The van der Waals surface area contributed by atoms with Crippen LogP contribution in [0.4, 0.5) is 0 Å². The maximum Gasteiger partial charge on any atom is 0.261 e. The monoisotopic (exact) mass is 558 g/mol. The molecule has 0 aliphatic heterocycles. The number of rotatable bonds is 9. The highest BCUT2D eigenvalue weighted by Crippen LogP contribution is 2.28. The molecule has 0 fully saturated rings. The molecule has 0 spiro atoms. The summed E-state index contributed by atoms with van der Waals surface area (Å²) >= 11 is 12.7. The predicted octanol–water partition coefficient (Wildman–Crippen LogP) is 5.43. The van der Waals surface area contributed by atoms with Crippen molar-refractivity contribution in [1.29, 1.82) is 0 Å². The quantitative estimate of drug-likeness (QED) is 0.445. The van der Waals surface area contributed by atoms with E-state index in [-0.39, 0.29) is 18.4 Å². The molecule has 1 N–H and O–H groups in total. The van der Waals surface area contributed by atoms with Crippen LogP contribution in [0.2, 0.25) is 5.02 Å². The highest BCUT2D eigenvalue weighted by atomic mass is 79.9. The number of carbonyl (C=O) groups excluding carboxylic acids is 2. The zero-order valence-corrected chi connectivity index (χ0v) is 21.1. The van der Waals surface area contributed by atoms with Crippen LogP contribution in [-0.4, -0.2) is 35.9 Å². The highest BCUT2D eigenvalue weighted by Gasteiger charge is 2.26. The third kappa shape index (κ3) is 7.60. The van der Waals surface area contributed by atoms with Crippen LogP contribution < -0.4 is 10.1 Å². The van der Waals surface area contributed by atoms with Crippen LogP contribution in [0.3, 0.4) is 0 Å². The number of benzene rings is 2. The Morgan fingerprint density at radius 1 is 1.10 bits per heavy atom. The summed E-state index contributed by atoms with van der Waals surface area (Å²) in [5, 5.41) is 3.46. The van der Waals surface area contributed by atoms with Gasteiger partial charge < -0.3 is 15.0 Å². The Morgan fingerprint density at radius 3 is 2.37 bits per heavy atom. The lowest BCUT2D eigenvalue weighted by atomic mass is 10.1. The lowest BCUT2D eigenvalue weighted by Gasteiger charge is -2.29. The molecule has 1 atom stereocenters. The zero-order valence-electron chi connectivity index (χ0n) is 17.1. The van der Waals surface area contributed by atoms with Crippen molar-refractivity contribution in [3.63, 3.8) is 0 Å². The molecule has 30 heavy (non-hydrogen) atoms. The molecule has 0 saturated heterocycles. The SMILES string of the molecule is CC(C)CNC(=O)[C@@H](C)N(Cc1ccc(Br)cc1)C(=O)COc1ccc(Cl)cc1Br. The first-order valence-electron chi connectivity index (χ1n) is 9.57. The minimum Gasteiger partial charge on any atom is -0.483 e. The number of carbonyl (C=O) groups is 2. The molecule has 2 aromatic rings. The first-order chi connectivity index (χ1) is 14.2. The Kier molecular flexibility index (Phi) is 9.65. The number of nitrogens with one attached hydrogen (secondary N) is 1. The van der Waals surface area contributed by atoms with Crippen molar-refractivity contribution >= 4 is 55.3 Å². The topological polar surface area (TPSA) is 58.6 Å². The van der Waals surface area contributed by atoms with E-state index in [1.807, 2.05) is 38.1 Å². The molecule has 0 aliphatic rings. The molecule has 162 valence electrons. The lowest BCUT2D eigenvalue weighted by molar-refractivity contribution is -0.142. The minimum atomic E-state index is -0.642. The lowest BCUT2D eigenvalue weighted by Crippen LogP contribution is -2.49. The summed E-state index contributed by atoms with van der Waals surface area (Å²) < 4.78 is 7.29. The van der Waals surface area contributed by atoms with Crippen LogP contribution in [-0.2, 0) is 16.1 Å². The summed E-state index contributed by atoms with van der Waals surface area (Å²) in [6, 6.07) is 12.1. The normalized spacial score (nSPS) is 11.8. The first kappa shape index (κ1) is 24.7. The van der Waals surface area contributed by atoms with E-state index in [1.165, 1.54) is 4.90 Å². The van der Waals surface area contributed by atoms with Crippen molar-refractivity contribution < 1.29 is 14.3 Å². The standard InChI is InChI=1S/C22H25Br2ClN2O3/c1-14(2)11-26-22(29)15(3)27(12-16-4-6-17(23)7-5-16)21(28)13-30-20-9-8-18(25)10-19(20)24/h4-10,14-15H,11-13H2,1-3H3,(H,26,29)/t15-/m1/s1. The number of hydrogen-bond donors (Lipinski definition) is 1. The molecule has 0 bridgehead atoms. The maximum absolute atomic E-state index is 13.0. The first-order valence-corrected chi connectivity index (χ1v) is 11.5. The van der Waals surface area contributed by atoms with E-state index in [4.69, 9.17) is 16.3 Å². The smallest absolute Gasteiger partial charge is 0.261 e. The number of amides is 2. The molecule has 2 rings (SSSR count). The predicted molar refractivity (Wildman–Crippen MR) is 127 cm³/mol. The average molecular weight is 561 g/mol. The van der Waals surface area contributed by atoms with Gasteiger partial charge in [0, 0.05) is 22.6 Å². The third-order valence-corrected chi connectivity index (χ3v) is 5.75. The fourth-order valence-electron chi connectivity index (χ4n) is 2.64. The molecular weight excluding hydrogens is 536 g/mol. The van der Waals surface area contributed by atoms with Gasteiger partial charge in [-0.2, -0.15) is 0 Å². The molecule has 0 heterocycles. The average Bonchev–Trinajstić information content (AvgIpc) is 2.70. The number of halogens is 3. The second-order valence-corrected chi connectivity index (χ2v) is 9.53. The van der Waals surface area contributed by atoms with Gasteiger partial charge in [0.25, 0.3) is 5.91 Å². The summed E-state index contributed by atoms with van der Waals surface area (Å²) in [6.07, 6.45) is 0. The van der Waals surface area contributed by atoms with E-state index in [9.17, 15) is 9.59 Å². The van der Waals surface area contributed by atoms with Gasteiger partial charge >= 0.3 is 0 Å². The Bertz CT molecular complexity index is 875. The number of nitrogens with zero attached hydrogens (tertiary/aromatic N) is 1. The van der Waals surface area contributed by atoms with Crippen LogP contribution in [0.1, 0.15) is 26.3 Å². The maximum atomic E-state index is 13.0. The Balaban J connectivity index is 2.14. The molecule has 5 nitrogen and oxygen atoms in total.